The number of para-hydroxylation sites is 1. The Morgan fingerprint density at radius 2 is 1.87 bits per heavy atom. The zero-order chi connectivity index (χ0) is 16.7. The third kappa shape index (κ3) is 4.54. The first-order chi connectivity index (χ1) is 11.1. The molecule has 0 aromatic heterocycles. The number of hydrogen-bond acceptors (Lipinski definition) is 4. The Balaban J connectivity index is 1.84. The number of nitrogens with zero attached hydrogens (tertiary/aromatic N) is 1. The Morgan fingerprint density at radius 1 is 1.17 bits per heavy atom. The monoisotopic (exact) mass is 314 g/mol. The van der Waals surface area contributed by atoms with Gasteiger partial charge in [0.25, 0.3) is 11.6 Å². The number of amides is 1. The average molecular weight is 314 g/mol. The third-order valence-corrected chi connectivity index (χ3v) is 3.33. The summed E-state index contributed by atoms with van der Waals surface area (Å²) >= 11 is 0. The summed E-state index contributed by atoms with van der Waals surface area (Å²) in [6.45, 7) is 2.63. The predicted molar refractivity (Wildman–Crippen MR) is 86.7 cm³/mol. The van der Waals surface area contributed by atoms with E-state index in [0.717, 1.165) is 12.2 Å². The van der Waals surface area contributed by atoms with Crippen LogP contribution in [0.5, 0.6) is 5.75 Å². The Labute approximate surface area is 134 Å². The number of benzene rings is 2. The molecular weight excluding hydrogens is 296 g/mol. The summed E-state index contributed by atoms with van der Waals surface area (Å²) in [6, 6.07) is 13.6. The molecule has 0 aliphatic heterocycles. The Morgan fingerprint density at radius 3 is 2.52 bits per heavy atom. The topological polar surface area (TPSA) is 81.5 Å². The molecule has 2 rings (SSSR count). The van der Waals surface area contributed by atoms with E-state index in [-0.39, 0.29) is 24.4 Å². The predicted octanol–water partition coefficient (Wildman–Crippen LogP) is 2.97. The van der Waals surface area contributed by atoms with Crippen molar-refractivity contribution in [1.29, 1.82) is 0 Å². The van der Waals surface area contributed by atoms with Gasteiger partial charge in [-0.2, -0.15) is 0 Å². The first-order valence-corrected chi connectivity index (χ1v) is 7.35. The molecule has 0 saturated carbocycles. The third-order valence-electron chi connectivity index (χ3n) is 3.33. The number of carbonyl (C=O) groups excluding carboxylic acids is 1. The maximum atomic E-state index is 12.0. The van der Waals surface area contributed by atoms with Crippen molar-refractivity contribution in [2.75, 3.05) is 13.2 Å². The maximum absolute atomic E-state index is 12.0. The number of hydrogen-bond donors (Lipinski definition) is 1. The molecule has 0 aliphatic carbocycles. The minimum absolute atomic E-state index is 0.0461. The van der Waals surface area contributed by atoms with Crippen LogP contribution in [0.15, 0.2) is 48.5 Å². The van der Waals surface area contributed by atoms with E-state index in [2.05, 4.69) is 12.2 Å². The fourth-order valence-corrected chi connectivity index (χ4v) is 2.07. The van der Waals surface area contributed by atoms with Crippen LogP contribution in [0.3, 0.4) is 0 Å². The number of carbonyl (C=O) groups is 1. The first kappa shape index (κ1) is 16.5. The van der Waals surface area contributed by atoms with Crippen molar-refractivity contribution in [2.24, 2.45) is 0 Å². The normalized spacial score (nSPS) is 10.1. The Bertz CT molecular complexity index is 683. The van der Waals surface area contributed by atoms with E-state index >= 15 is 0 Å². The Hall–Kier alpha value is -2.89. The molecule has 2 aromatic carbocycles. The zero-order valence-corrected chi connectivity index (χ0v) is 12.8. The number of aryl methyl sites for hydroxylation is 1. The lowest BCUT2D eigenvalue weighted by molar-refractivity contribution is -0.385. The van der Waals surface area contributed by atoms with Gasteiger partial charge in [-0.3, -0.25) is 14.9 Å². The zero-order valence-electron chi connectivity index (χ0n) is 12.8. The summed E-state index contributed by atoms with van der Waals surface area (Å²) in [4.78, 5) is 22.3. The second-order valence-electron chi connectivity index (χ2n) is 4.88. The molecule has 0 bridgehead atoms. The summed E-state index contributed by atoms with van der Waals surface area (Å²) in [5, 5.41) is 13.5. The van der Waals surface area contributed by atoms with Gasteiger partial charge < -0.3 is 10.1 Å². The molecule has 0 heterocycles. The molecule has 1 N–H and O–H groups in total. The van der Waals surface area contributed by atoms with Gasteiger partial charge in [-0.15, -0.1) is 0 Å². The van der Waals surface area contributed by atoms with Crippen LogP contribution in [-0.4, -0.2) is 24.0 Å². The largest absolute Gasteiger partial charge is 0.492 e. The summed E-state index contributed by atoms with van der Waals surface area (Å²) in [5.41, 5.74) is 1.06. The highest BCUT2D eigenvalue weighted by atomic mass is 16.6. The van der Waals surface area contributed by atoms with Crippen LogP contribution in [0.4, 0.5) is 5.69 Å². The molecule has 0 radical (unpaired) electrons. The minimum atomic E-state index is -0.569. The fourth-order valence-electron chi connectivity index (χ4n) is 2.07. The average Bonchev–Trinajstić information content (AvgIpc) is 2.59. The van der Waals surface area contributed by atoms with Crippen LogP contribution in [0.25, 0.3) is 0 Å². The highest BCUT2D eigenvalue weighted by Crippen LogP contribution is 2.17. The van der Waals surface area contributed by atoms with Gasteiger partial charge in [-0.05, 0) is 30.2 Å². The van der Waals surface area contributed by atoms with Gasteiger partial charge in [0.1, 0.15) is 17.9 Å². The highest BCUT2D eigenvalue weighted by molar-refractivity contribution is 5.98. The standard InChI is InChI=1S/C17H18N2O4/c1-2-13-7-9-14(10-8-13)23-12-11-18-17(20)15-5-3-4-6-16(15)19(21)22/h3-10H,2,11-12H2,1H3,(H,18,20). The van der Waals surface area contributed by atoms with Gasteiger partial charge in [0.05, 0.1) is 11.5 Å². The molecule has 120 valence electrons. The molecule has 0 atom stereocenters. The van der Waals surface area contributed by atoms with E-state index in [1.165, 1.54) is 23.8 Å². The van der Waals surface area contributed by atoms with Crippen LogP contribution >= 0.6 is 0 Å². The number of rotatable bonds is 7. The molecule has 2 aromatic rings. The fraction of sp³-hybridized carbons (Fsp3) is 0.235. The number of nitrogens with one attached hydrogen (secondary N) is 1. The van der Waals surface area contributed by atoms with E-state index in [1.54, 1.807) is 6.07 Å². The SMILES string of the molecule is CCc1ccc(OCCNC(=O)c2ccccc2[N+](=O)[O-])cc1. The molecule has 0 spiro atoms. The quantitative estimate of drug-likeness (QED) is 0.484. The van der Waals surface area contributed by atoms with Gasteiger partial charge >= 0.3 is 0 Å². The summed E-state index contributed by atoms with van der Waals surface area (Å²) < 4.78 is 5.52. The van der Waals surface area contributed by atoms with Crippen molar-refractivity contribution in [2.45, 2.75) is 13.3 Å². The van der Waals surface area contributed by atoms with E-state index in [1.807, 2.05) is 24.3 Å². The van der Waals surface area contributed by atoms with E-state index < -0.39 is 10.8 Å². The smallest absolute Gasteiger partial charge is 0.282 e. The van der Waals surface area contributed by atoms with Crippen LogP contribution in [0.1, 0.15) is 22.8 Å². The molecule has 23 heavy (non-hydrogen) atoms. The van der Waals surface area contributed by atoms with E-state index in [0.29, 0.717) is 0 Å². The van der Waals surface area contributed by atoms with Crippen LogP contribution in [-0.2, 0) is 6.42 Å². The summed E-state index contributed by atoms with van der Waals surface area (Å²) in [5.74, 6) is 0.240. The van der Waals surface area contributed by atoms with Crippen molar-refractivity contribution < 1.29 is 14.5 Å². The minimum Gasteiger partial charge on any atom is -0.492 e. The molecule has 0 aliphatic rings. The van der Waals surface area contributed by atoms with E-state index in [4.69, 9.17) is 4.74 Å². The van der Waals surface area contributed by atoms with Crippen molar-refractivity contribution >= 4 is 11.6 Å². The Kier molecular flexibility index (Phi) is 5.68. The van der Waals surface area contributed by atoms with Crippen LogP contribution in [0, 0.1) is 10.1 Å². The molecule has 0 fully saturated rings. The first-order valence-electron chi connectivity index (χ1n) is 7.35. The molecule has 6 heteroatoms. The molecule has 0 unspecified atom stereocenters. The number of nitro groups is 1. The second-order valence-corrected chi connectivity index (χ2v) is 4.88. The lowest BCUT2D eigenvalue weighted by atomic mass is 10.1. The van der Waals surface area contributed by atoms with Crippen LogP contribution in [0.2, 0.25) is 0 Å². The van der Waals surface area contributed by atoms with Gasteiger partial charge in [0, 0.05) is 6.07 Å². The molecule has 6 nitrogen and oxygen atoms in total. The summed E-state index contributed by atoms with van der Waals surface area (Å²) in [6.07, 6.45) is 0.964. The van der Waals surface area contributed by atoms with Gasteiger partial charge in [0.2, 0.25) is 0 Å². The van der Waals surface area contributed by atoms with Gasteiger partial charge in [-0.1, -0.05) is 31.2 Å². The lowest BCUT2D eigenvalue weighted by Gasteiger charge is -2.08. The molecule has 1 amide bonds. The number of nitro benzene ring substituents is 1. The van der Waals surface area contributed by atoms with Gasteiger partial charge in [-0.25, -0.2) is 0 Å². The maximum Gasteiger partial charge on any atom is 0.282 e. The number of ether oxygens (including phenoxy) is 1. The highest BCUT2D eigenvalue weighted by Gasteiger charge is 2.18. The lowest BCUT2D eigenvalue weighted by Crippen LogP contribution is -2.28. The molecule has 0 saturated heterocycles. The van der Waals surface area contributed by atoms with Gasteiger partial charge in [0.15, 0.2) is 0 Å². The van der Waals surface area contributed by atoms with Crippen LogP contribution < -0.4 is 10.1 Å². The molecular formula is C17H18N2O4. The van der Waals surface area contributed by atoms with Crippen molar-refractivity contribution in [3.05, 3.63) is 69.8 Å². The summed E-state index contributed by atoms with van der Waals surface area (Å²) in [7, 11) is 0. The van der Waals surface area contributed by atoms with E-state index in [9.17, 15) is 14.9 Å². The second kappa shape index (κ2) is 7.93. The van der Waals surface area contributed by atoms with Crippen molar-refractivity contribution in [3.8, 4) is 5.75 Å². The van der Waals surface area contributed by atoms with Crippen molar-refractivity contribution in [3.63, 3.8) is 0 Å². The van der Waals surface area contributed by atoms with Crippen molar-refractivity contribution in [1.82, 2.24) is 5.32 Å².